The van der Waals surface area contributed by atoms with Crippen LogP contribution in [-0.4, -0.2) is 25.5 Å². The van der Waals surface area contributed by atoms with Gasteiger partial charge in [-0.3, -0.25) is 4.99 Å². The van der Waals surface area contributed by atoms with E-state index in [1.807, 2.05) is 0 Å². The lowest BCUT2D eigenvalue weighted by molar-refractivity contribution is 0.340. The highest BCUT2D eigenvalue weighted by Gasteiger charge is 2.10. The topological polar surface area (TPSA) is 51.0 Å². The van der Waals surface area contributed by atoms with E-state index >= 15 is 0 Å². The fourth-order valence-corrected chi connectivity index (χ4v) is 1.66. The molecule has 0 aromatic heterocycles. The summed E-state index contributed by atoms with van der Waals surface area (Å²) in [5, 5.41) is 9.79. The minimum atomic E-state index is -0.308. The van der Waals surface area contributed by atoms with Crippen LogP contribution in [0.4, 0.5) is 10.1 Å². The fourth-order valence-electron chi connectivity index (χ4n) is 1.66. The Labute approximate surface area is 116 Å². The second kappa shape index (κ2) is 6.06. The maximum Gasteiger partial charge on any atom is 0.200 e. The Balaban J connectivity index is 2.31. The van der Waals surface area contributed by atoms with Crippen LogP contribution in [0, 0.1) is 5.82 Å². The van der Waals surface area contributed by atoms with Crippen LogP contribution in [0.2, 0.25) is 0 Å². The summed E-state index contributed by atoms with van der Waals surface area (Å²) in [7, 11) is 2.91. The Kier molecular flexibility index (Phi) is 4.20. The number of phenols is 1. The monoisotopic (exact) mass is 275 g/mol. The Morgan fingerprint density at radius 3 is 2.10 bits per heavy atom. The molecule has 2 aromatic carbocycles. The van der Waals surface area contributed by atoms with Crippen LogP contribution in [0.25, 0.3) is 0 Å². The first kappa shape index (κ1) is 13.9. The molecule has 0 aliphatic heterocycles. The van der Waals surface area contributed by atoms with Crippen molar-refractivity contribution in [2.45, 2.75) is 0 Å². The van der Waals surface area contributed by atoms with Gasteiger partial charge in [0.1, 0.15) is 5.82 Å². The molecule has 0 unspecified atom stereocenters. The average Bonchev–Trinajstić information content (AvgIpc) is 2.47. The number of hydrogen-bond acceptors (Lipinski definition) is 4. The lowest BCUT2D eigenvalue weighted by Gasteiger charge is -2.09. The van der Waals surface area contributed by atoms with Crippen molar-refractivity contribution >= 4 is 11.9 Å². The Morgan fingerprint density at radius 1 is 1.05 bits per heavy atom. The Bertz CT molecular complexity index is 599. The lowest BCUT2D eigenvalue weighted by Crippen LogP contribution is -1.92. The van der Waals surface area contributed by atoms with Crippen molar-refractivity contribution in [1.29, 1.82) is 0 Å². The molecule has 4 nitrogen and oxygen atoms in total. The van der Waals surface area contributed by atoms with Crippen LogP contribution in [0.5, 0.6) is 17.2 Å². The number of aromatic hydroxyl groups is 1. The Hall–Kier alpha value is -2.56. The molecule has 0 fully saturated rings. The SMILES string of the molecule is COc1cc(C=Nc2ccc(F)cc2)cc(OC)c1O. The van der Waals surface area contributed by atoms with Crippen LogP contribution in [0.3, 0.4) is 0 Å². The van der Waals surface area contributed by atoms with E-state index in [9.17, 15) is 9.50 Å². The number of benzene rings is 2. The van der Waals surface area contributed by atoms with E-state index in [0.29, 0.717) is 22.7 Å². The molecular formula is C15H14FNO3. The molecule has 2 aromatic rings. The van der Waals surface area contributed by atoms with Crippen molar-refractivity contribution in [3.63, 3.8) is 0 Å². The zero-order valence-electron chi connectivity index (χ0n) is 11.1. The van der Waals surface area contributed by atoms with Crippen LogP contribution in [-0.2, 0) is 0 Å². The van der Waals surface area contributed by atoms with Crippen LogP contribution < -0.4 is 9.47 Å². The summed E-state index contributed by atoms with van der Waals surface area (Å²) in [5.74, 6) is 0.223. The summed E-state index contributed by atoms with van der Waals surface area (Å²) in [6.07, 6.45) is 1.58. The van der Waals surface area contributed by atoms with Gasteiger partial charge in [0, 0.05) is 11.8 Å². The predicted molar refractivity (Wildman–Crippen MR) is 74.9 cm³/mol. The van der Waals surface area contributed by atoms with Gasteiger partial charge in [-0.25, -0.2) is 4.39 Å². The summed E-state index contributed by atoms with van der Waals surface area (Å²) in [6, 6.07) is 9.08. The number of halogens is 1. The summed E-state index contributed by atoms with van der Waals surface area (Å²) >= 11 is 0. The maximum atomic E-state index is 12.8. The highest BCUT2D eigenvalue weighted by molar-refractivity contribution is 5.84. The van der Waals surface area contributed by atoms with E-state index < -0.39 is 0 Å². The molecule has 0 atom stereocenters. The number of nitrogens with zero attached hydrogens (tertiary/aromatic N) is 1. The number of ether oxygens (including phenoxy) is 2. The molecule has 20 heavy (non-hydrogen) atoms. The molecule has 5 heteroatoms. The summed E-state index contributed by atoms with van der Waals surface area (Å²) in [5.41, 5.74) is 1.32. The molecule has 0 radical (unpaired) electrons. The van der Waals surface area contributed by atoms with Crippen molar-refractivity contribution < 1.29 is 19.0 Å². The van der Waals surface area contributed by atoms with Crippen molar-refractivity contribution in [2.75, 3.05) is 14.2 Å². The maximum absolute atomic E-state index is 12.8. The van der Waals surface area contributed by atoms with Gasteiger partial charge in [-0.1, -0.05) is 0 Å². The van der Waals surface area contributed by atoms with E-state index in [4.69, 9.17) is 9.47 Å². The third-order valence-electron chi connectivity index (χ3n) is 2.69. The minimum absolute atomic E-state index is 0.0612. The Morgan fingerprint density at radius 2 is 1.60 bits per heavy atom. The van der Waals surface area contributed by atoms with E-state index in [-0.39, 0.29) is 11.6 Å². The van der Waals surface area contributed by atoms with Gasteiger partial charge >= 0.3 is 0 Å². The van der Waals surface area contributed by atoms with Crippen molar-refractivity contribution in [1.82, 2.24) is 0 Å². The number of aliphatic imine (C=N–C) groups is 1. The fraction of sp³-hybridized carbons (Fsp3) is 0.133. The molecule has 1 N–H and O–H groups in total. The molecule has 0 saturated carbocycles. The molecule has 0 aliphatic carbocycles. The van der Waals surface area contributed by atoms with E-state index in [0.717, 1.165) is 0 Å². The van der Waals surface area contributed by atoms with E-state index in [1.165, 1.54) is 26.4 Å². The second-order valence-corrected chi connectivity index (χ2v) is 4.01. The first-order chi connectivity index (χ1) is 9.63. The number of hydrogen-bond donors (Lipinski definition) is 1. The lowest BCUT2D eigenvalue weighted by atomic mass is 10.2. The number of methoxy groups -OCH3 is 2. The highest BCUT2D eigenvalue weighted by Crippen LogP contribution is 2.36. The number of rotatable bonds is 4. The second-order valence-electron chi connectivity index (χ2n) is 4.01. The molecule has 104 valence electrons. The predicted octanol–water partition coefficient (Wildman–Crippen LogP) is 3.30. The van der Waals surface area contributed by atoms with Gasteiger partial charge in [-0.15, -0.1) is 0 Å². The van der Waals surface area contributed by atoms with Gasteiger partial charge in [-0.05, 0) is 36.4 Å². The van der Waals surface area contributed by atoms with Crippen molar-refractivity contribution in [3.05, 3.63) is 47.8 Å². The highest BCUT2D eigenvalue weighted by atomic mass is 19.1. The van der Waals surface area contributed by atoms with E-state index in [2.05, 4.69) is 4.99 Å². The normalized spacial score (nSPS) is 10.8. The molecule has 0 spiro atoms. The largest absolute Gasteiger partial charge is 0.502 e. The van der Waals surface area contributed by atoms with Gasteiger partial charge in [0.05, 0.1) is 19.9 Å². The van der Waals surface area contributed by atoms with Crippen molar-refractivity contribution in [2.24, 2.45) is 4.99 Å². The molecular weight excluding hydrogens is 261 g/mol. The van der Waals surface area contributed by atoms with E-state index in [1.54, 1.807) is 30.5 Å². The van der Waals surface area contributed by atoms with Crippen LogP contribution in [0.15, 0.2) is 41.4 Å². The van der Waals surface area contributed by atoms with Crippen molar-refractivity contribution in [3.8, 4) is 17.2 Å². The molecule has 0 heterocycles. The average molecular weight is 275 g/mol. The summed E-state index contributed by atoms with van der Waals surface area (Å²) in [4.78, 5) is 4.21. The zero-order chi connectivity index (χ0) is 14.5. The van der Waals surface area contributed by atoms with Crippen LogP contribution in [0.1, 0.15) is 5.56 Å². The summed E-state index contributed by atoms with van der Waals surface area (Å²) in [6.45, 7) is 0. The minimum Gasteiger partial charge on any atom is -0.502 e. The van der Waals surface area contributed by atoms with Gasteiger partial charge < -0.3 is 14.6 Å². The first-order valence-electron chi connectivity index (χ1n) is 5.88. The smallest absolute Gasteiger partial charge is 0.200 e. The molecule has 2 rings (SSSR count). The van der Waals surface area contributed by atoms with Gasteiger partial charge in [0.25, 0.3) is 0 Å². The standard InChI is InChI=1S/C15H14FNO3/c1-19-13-7-10(8-14(20-2)15(13)18)9-17-12-5-3-11(16)4-6-12/h3-9,18H,1-2H3. The third-order valence-corrected chi connectivity index (χ3v) is 2.69. The zero-order valence-corrected chi connectivity index (χ0v) is 11.1. The summed E-state index contributed by atoms with van der Waals surface area (Å²) < 4.78 is 22.9. The molecule has 0 saturated heterocycles. The quantitative estimate of drug-likeness (QED) is 0.871. The molecule has 0 amide bonds. The first-order valence-corrected chi connectivity index (χ1v) is 5.88. The van der Waals surface area contributed by atoms with Gasteiger partial charge in [0.2, 0.25) is 5.75 Å². The van der Waals surface area contributed by atoms with Crippen LogP contribution >= 0.6 is 0 Å². The molecule has 0 bridgehead atoms. The molecule has 0 aliphatic rings. The third kappa shape index (κ3) is 3.06. The van der Waals surface area contributed by atoms with Gasteiger partial charge in [0.15, 0.2) is 11.5 Å². The van der Waals surface area contributed by atoms with Gasteiger partial charge in [-0.2, -0.15) is 0 Å². The number of phenolic OH excluding ortho intramolecular Hbond substituents is 1.